The monoisotopic (exact) mass is 403 g/mol. The molecule has 1 aliphatic heterocycles. The average molecular weight is 404 g/mol. The summed E-state index contributed by atoms with van der Waals surface area (Å²) >= 11 is 0. The van der Waals surface area contributed by atoms with E-state index in [2.05, 4.69) is 33.1 Å². The van der Waals surface area contributed by atoms with Crippen molar-refractivity contribution in [2.45, 2.75) is 44.6 Å². The van der Waals surface area contributed by atoms with Gasteiger partial charge in [0.15, 0.2) is 5.65 Å². The standard InChI is InChI=1S/C24H29N5O/c30-24(26-14-12-18-6-2-1-3-7-18)28-15-5-8-19(16-28)17-29-22(20-10-11-20)27-21-9-4-13-25-23(21)29/h1-4,6-7,9,13,19-20H,5,8,10-12,14-17H2,(H,26,30). The van der Waals surface area contributed by atoms with Crippen LogP contribution in [0.5, 0.6) is 0 Å². The first-order chi connectivity index (χ1) is 14.8. The largest absolute Gasteiger partial charge is 0.338 e. The Bertz CT molecular complexity index is 1010. The molecule has 2 aromatic heterocycles. The Hall–Kier alpha value is -2.89. The van der Waals surface area contributed by atoms with E-state index in [-0.39, 0.29) is 6.03 Å². The summed E-state index contributed by atoms with van der Waals surface area (Å²) in [5.74, 6) is 2.21. The summed E-state index contributed by atoms with van der Waals surface area (Å²) in [4.78, 5) is 24.2. The first-order valence-electron chi connectivity index (χ1n) is 11.2. The fraction of sp³-hybridized carbons (Fsp3) is 0.458. The normalized spacial score (nSPS) is 19.2. The number of hydrogen-bond acceptors (Lipinski definition) is 3. The van der Waals surface area contributed by atoms with Crippen molar-refractivity contribution in [2.24, 2.45) is 5.92 Å². The Morgan fingerprint density at radius 1 is 1.10 bits per heavy atom. The molecule has 1 atom stereocenters. The topological polar surface area (TPSA) is 63.1 Å². The molecule has 3 heterocycles. The summed E-state index contributed by atoms with van der Waals surface area (Å²) in [6, 6.07) is 14.4. The molecular formula is C24H29N5O. The number of pyridine rings is 1. The second-order valence-electron chi connectivity index (χ2n) is 8.62. The van der Waals surface area contributed by atoms with E-state index in [4.69, 9.17) is 4.98 Å². The van der Waals surface area contributed by atoms with Gasteiger partial charge in [0.25, 0.3) is 0 Å². The summed E-state index contributed by atoms with van der Waals surface area (Å²) in [6.07, 6.45) is 7.36. The summed E-state index contributed by atoms with van der Waals surface area (Å²) < 4.78 is 2.33. The van der Waals surface area contributed by atoms with Gasteiger partial charge >= 0.3 is 6.03 Å². The molecule has 6 nitrogen and oxygen atoms in total. The highest BCUT2D eigenvalue weighted by Gasteiger charge is 2.31. The zero-order valence-electron chi connectivity index (χ0n) is 17.3. The van der Waals surface area contributed by atoms with Gasteiger partial charge < -0.3 is 14.8 Å². The smallest absolute Gasteiger partial charge is 0.317 e. The maximum atomic E-state index is 12.7. The van der Waals surface area contributed by atoms with Gasteiger partial charge in [0, 0.05) is 38.3 Å². The van der Waals surface area contributed by atoms with Gasteiger partial charge in [-0.05, 0) is 55.7 Å². The number of amides is 2. The van der Waals surface area contributed by atoms with E-state index in [9.17, 15) is 4.79 Å². The summed E-state index contributed by atoms with van der Waals surface area (Å²) in [6.45, 7) is 3.21. The minimum absolute atomic E-state index is 0.0617. The lowest BCUT2D eigenvalue weighted by molar-refractivity contribution is 0.159. The zero-order chi connectivity index (χ0) is 20.3. The van der Waals surface area contributed by atoms with Crippen molar-refractivity contribution in [2.75, 3.05) is 19.6 Å². The molecule has 1 N–H and O–H groups in total. The summed E-state index contributed by atoms with van der Waals surface area (Å²) in [7, 11) is 0. The number of likely N-dealkylation sites (tertiary alicyclic amines) is 1. The average Bonchev–Trinajstić information content (AvgIpc) is 3.57. The van der Waals surface area contributed by atoms with Crippen LogP contribution in [0.3, 0.4) is 0 Å². The van der Waals surface area contributed by atoms with Crippen LogP contribution < -0.4 is 5.32 Å². The van der Waals surface area contributed by atoms with Crippen LogP contribution in [0.25, 0.3) is 11.2 Å². The number of piperidine rings is 1. The van der Waals surface area contributed by atoms with Crippen molar-refractivity contribution in [3.05, 3.63) is 60.0 Å². The lowest BCUT2D eigenvalue weighted by atomic mass is 9.98. The van der Waals surface area contributed by atoms with E-state index in [1.807, 2.05) is 35.4 Å². The third-order valence-corrected chi connectivity index (χ3v) is 6.26. The maximum Gasteiger partial charge on any atom is 0.317 e. The number of hydrogen-bond donors (Lipinski definition) is 1. The molecule has 0 spiro atoms. The minimum Gasteiger partial charge on any atom is -0.338 e. The number of nitrogens with zero attached hydrogens (tertiary/aromatic N) is 4. The third-order valence-electron chi connectivity index (χ3n) is 6.26. The van der Waals surface area contributed by atoms with E-state index in [0.29, 0.717) is 18.4 Å². The minimum atomic E-state index is 0.0617. The second-order valence-corrected chi connectivity index (χ2v) is 8.62. The van der Waals surface area contributed by atoms with Crippen LogP contribution in [0.1, 0.15) is 43.0 Å². The zero-order valence-corrected chi connectivity index (χ0v) is 17.3. The lowest BCUT2D eigenvalue weighted by Gasteiger charge is -2.33. The lowest BCUT2D eigenvalue weighted by Crippen LogP contribution is -2.46. The number of urea groups is 1. The van der Waals surface area contributed by atoms with E-state index in [0.717, 1.165) is 50.1 Å². The molecule has 3 aromatic rings. The molecule has 2 amide bonds. The summed E-state index contributed by atoms with van der Waals surface area (Å²) in [5.41, 5.74) is 3.23. The highest BCUT2D eigenvalue weighted by molar-refractivity contribution is 5.74. The molecule has 1 aliphatic carbocycles. The molecule has 0 radical (unpaired) electrons. The van der Waals surface area contributed by atoms with Crippen LogP contribution in [-0.4, -0.2) is 45.1 Å². The molecule has 156 valence electrons. The van der Waals surface area contributed by atoms with Crippen LogP contribution in [0.2, 0.25) is 0 Å². The molecule has 6 heteroatoms. The molecule has 1 unspecified atom stereocenters. The number of imidazole rings is 1. The number of carbonyl (C=O) groups excluding carboxylic acids is 1. The van der Waals surface area contributed by atoms with Gasteiger partial charge in [-0.15, -0.1) is 0 Å². The molecule has 30 heavy (non-hydrogen) atoms. The van der Waals surface area contributed by atoms with Crippen molar-refractivity contribution >= 4 is 17.2 Å². The Morgan fingerprint density at radius 3 is 2.80 bits per heavy atom. The van der Waals surface area contributed by atoms with Crippen molar-refractivity contribution < 1.29 is 4.79 Å². The number of nitrogens with one attached hydrogen (secondary N) is 1. The van der Waals surface area contributed by atoms with E-state index < -0.39 is 0 Å². The molecule has 5 rings (SSSR count). The van der Waals surface area contributed by atoms with Crippen LogP contribution >= 0.6 is 0 Å². The molecule has 2 aliphatic rings. The van der Waals surface area contributed by atoms with E-state index in [1.165, 1.54) is 24.2 Å². The van der Waals surface area contributed by atoms with Gasteiger partial charge in [0.2, 0.25) is 0 Å². The van der Waals surface area contributed by atoms with Crippen molar-refractivity contribution in [1.82, 2.24) is 24.8 Å². The number of carbonyl (C=O) groups is 1. The van der Waals surface area contributed by atoms with Crippen LogP contribution in [0.4, 0.5) is 4.79 Å². The highest BCUT2D eigenvalue weighted by atomic mass is 16.2. The molecule has 1 aromatic carbocycles. The predicted octanol–water partition coefficient (Wildman–Crippen LogP) is 3.97. The van der Waals surface area contributed by atoms with Crippen molar-refractivity contribution in [3.8, 4) is 0 Å². The highest BCUT2D eigenvalue weighted by Crippen LogP contribution is 2.40. The summed E-state index contributed by atoms with van der Waals surface area (Å²) in [5, 5.41) is 3.11. The Balaban J connectivity index is 1.21. The number of rotatable bonds is 6. The predicted molar refractivity (Wildman–Crippen MR) is 117 cm³/mol. The SMILES string of the molecule is O=C(NCCc1ccccc1)N1CCCC(Cn2c(C3CC3)nc3cccnc32)C1. The van der Waals surface area contributed by atoms with Gasteiger partial charge in [0.1, 0.15) is 11.3 Å². The fourth-order valence-electron chi connectivity index (χ4n) is 4.54. The van der Waals surface area contributed by atoms with E-state index in [1.54, 1.807) is 0 Å². The number of benzene rings is 1. The molecule has 0 bridgehead atoms. The van der Waals surface area contributed by atoms with Gasteiger partial charge in [-0.3, -0.25) is 0 Å². The first-order valence-corrected chi connectivity index (χ1v) is 11.2. The van der Waals surface area contributed by atoms with Crippen molar-refractivity contribution in [3.63, 3.8) is 0 Å². The molecule has 1 saturated carbocycles. The fourth-order valence-corrected chi connectivity index (χ4v) is 4.54. The van der Waals surface area contributed by atoms with Gasteiger partial charge in [-0.2, -0.15) is 0 Å². The van der Waals surface area contributed by atoms with Gasteiger partial charge in [-0.25, -0.2) is 14.8 Å². The Kier molecular flexibility index (Phi) is 5.39. The van der Waals surface area contributed by atoms with Crippen LogP contribution in [-0.2, 0) is 13.0 Å². The number of fused-ring (bicyclic) bond motifs is 1. The van der Waals surface area contributed by atoms with E-state index >= 15 is 0 Å². The number of aromatic nitrogens is 3. The quantitative estimate of drug-likeness (QED) is 0.677. The second kappa shape index (κ2) is 8.46. The maximum absolute atomic E-state index is 12.7. The Labute approximate surface area is 177 Å². The third kappa shape index (κ3) is 4.18. The van der Waals surface area contributed by atoms with Gasteiger partial charge in [-0.1, -0.05) is 30.3 Å². The molecular weight excluding hydrogens is 374 g/mol. The van der Waals surface area contributed by atoms with Crippen LogP contribution in [0.15, 0.2) is 48.7 Å². The Morgan fingerprint density at radius 2 is 1.97 bits per heavy atom. The molecule has 2 fully saturated rings. The van der Waals surface area contributed by atoms with Crippen LogP contribution in [0, 0.1) is 5.92 Å². The van der Waals surface area contributed by atoms with Gasteiger partial charge in [0.05, 0.1) is 0 Å². The molecule has 1 saturated heterocycles. The van der Waals surface area contributed by atoms with Crippen molar-refractivity contribution in [1.29, 1.82) is 0 Å². The first kappa shape index (κ1) is 19.1.